The molecule has 0 heterocycles. The highest BCUT2D eigenvalue weighted by Crippen LogP contribution is 2.30. The zero-order valence-corrected chi connectivity index (χ0v) is 11.3. The zero-order valence-electron chi connectivity index (χ0n) is 10.6. The summed E-state index contributed by atoms with van der Waals surface area (Å²) in [7, 11) is 0. The van der Waals surface area contributed by atoms with E-state index >= 15 is 0 Å². The van der Waals surface area contributed by atoms with Crippen molar-refractivity contribution in [2.75, 3.05) is 13.2 Å². The molecule has 0 spiro atoms. The molecule has 0 aliphatic heterocycles. The summed E-state index contributed by atoms with van der Waals surface area (Å²) in [6, 6.07) is 5.41. The van der Waals surface area contributed by atoms with Crippen molar-refractivity contribution in [3.05, 3.63) is 28.8 Å². The summed E-state index contributed by atoms with van der Waals surface area (Å²) in [5, 5.41) is 9.50. The van der Waals surface area contributed by atoms with E-state index in [4.69, 9.17) is 27.2 Å². The monoisotopic (exact) mass is 271 g/mol. The van der Waals surface area contributed by atoms with E-state index < -0.39 is 11.4 Å². The minimum Gasteiger partial charge on any atom is -0.491 e. The van der Waals surface area contributed by atoms with Gasteiger partial charge in [-0.05, 0) is 38.4 Å². The second-order valence-electron chi connectivity index (χ2n) is 4.74. The molecule has 1 aromatic rings. The third-order valence-corrected chi connectivity index (χ3v) is 2.92. The van der Waals surface area contributed by atoms with E-state index in [0.29, 0.717) is 23.7 Å². The number of hydrogen-bond donors (Lipinski definition) is 2. The number of carboxylic acid groups (broad SMARTS) is 1. The standard InChI is InChI=1S/C13H18ClNO3/c1-13(2,12(16)17)8-18-11-9(6-7-15)4-3-5-10(11)14/h3-5H,6-8,15H2,1-2H3,(H,16,17). The molecule has 1 aromatic carbocycles. The Kier molecular flexibility index (Phi) is 4.99. The minimum atomic E-state index is -0.959. The lowest BCUT2D eigenvalue weighted by atomic mass is 9.95. The number of ether oxygens (including phenoxy) is 1. The summed E-state index contributed by atoms with van der Waals surface area (Å²) in [4.78, 5) is 11.0. The van der Waals surface area contributed by atoms with Gasteiger partial charge in [-0.1, -0.05) is 23.7 Å². The summed E-state index contributed by atoms with van der Waals surface area (Å²) in [6.45, 7) is 3.76. The van der Waals surface area contributed by atoms with Gasteiger partial charge in [-0.25, -0.2) is 0 Å². The zero-order chi connectivity index (χ0) is 13.8. The van der Waals surface area contributed by atoms with E-state index in [1.54, 1.807) is 19.9 Å². The fourth-order valence-corrected chi connectivity index (χ4v) is 1.63. The van der Waals surface area contributed by atoms with E-state index in [1.807, 2.05) is 12.1 Å². The summed E-state index contributed by atoms with van der Waals surface area (Å²) < 4.78 is 5.58. The first-order valence-corrected chi connectivity index (χ1v) is 6.10. The van der Waals surface area contributed by atoms with Crippen molar-refractivity contribution >= 4 is 17.6 Å². The summed E-state index contributed by atoms with van der Waals surface area (Å²) in [5.41, 5.74) is 5.45. The molecule has 0 fully saturated rings. The highest BCUT2D eigenvalue weighted by Gasteiger charge is 2.28. The van der Waals surface area contributed by atoms with Crippen molar-refractivity contribution in [1.82, 2.24) is 0 Å². The molecule has 100 valence electrons. The molecular formula is C13H18ClNO3. The normalized spacial score (nSPS) is 11.3. The number of para-hydroxylation sites is 1. The fraction of sp³-hybridized carbons (Fsp3) is 0.462. The van der Waals surface area contributed by atoms with Crippen molar-refractivity contribution in [2.45, 2.75) is 20.3 Å². The Labute approximate surface area is 112 Å². The van der Waals surface area contributed by atoms with E-state index in [9.17, 15) is 4.79 Å². The highest BCUT2D eigenvalue weighted by atomic mass is 35.5. The third kappa shape index (κ3) is 3.62. The van der Waals surface area contributed by atoms with Crippen LogP contribution in [0.4, 0.5) is 0 Å². The molecule has 0 saturated carbocycles. The van der Waals surface area contributed by atoms with Gasteiger partial charge in [-0.2, -0.15) is 0 Å². The van der Waals surface area contributed by atoms with Gasteiger partial charge in [0.25, 0.3) is 0 Å². The smallest absolute Gasteiger partial charge is 0.312 e. The average molecular weight is 272 g/mol. The van der Waals surface area contributed by atoms with Gasteiger partial charge in [0.2, 0.25) is 0 Å². The molecule has 0 bridgehead atoms. The van der Waals surface area contributed by atoms with Crippen molar-refractivity contribution in [2.24, 2.45) is 11.1 Å². The first-order valence-electron chi connectivity index (χ1n) is 5.72. The number of carboxylic acids is 1. The highest BCUT2D eigenvalue weighted by molar-refractivity contribution is 6.32. The van der Waals surface area contributed by atoms with Crippen LogP contribution in [0.2, 0.25) is 5.02 Å². The van der Waals surface area contributed by atoms with E-state index in [1.165, 1.54) is 0 Å². The number of rotatable bonds is 6. The maximum atomic E-state index is 11.0. The molecular weight excluding hydrogens is 254 g/mol. The minimum absolute atomic E-state index is 0.0592. The van der Waals surface area contributed by atoms with Crippen LogP contribution in [0.3, 0.4) is 0 Å². The third-order valence-electron chi connectivity index (χ3n) is 2.62. The summed E-state index contributed by atoms with van der Waals surface area (Å²) >= 11 is 6.06. The van der Waals surface area contributed by atoms with E-state index in [0.717, 1.165) is 5.56 Å². The molecule has 1 rings (SSSR count). The Bertz CT molecular complexity index is 432. The topological polar surface area (TPSA) is 72.5 Å². The molecule has 4 nitrogen and oxygen atoms in total. The molecule has 3 N–H and O–H groups in total. The number of benzene rings is 1. The first kappa shape index (κ1) is 14.8. The molecule has 5 heteroatoms. The Morgan fingerprint density at radius 1 is 1.50 bits per heavy atom. The van der Waals surface area contributed by atoms with Gasteiger partial charge in [-0.15, -0.1) is 0 Å². The van der Waals surface area contributed by atoms with Crippen molar-refractivity contribution in [1.29, 1.82) is 0 Å². The molecule has 0 radical (unpaired) electrons. The van der Waals surface area contributed by atoms with Crippen molar-refractivity contribution < 1.29 is 14.6 Å². The van der Waals surface area contributed by atoms with Crippen molar-refractivity contribution in [3.63, 3.8) is 0 Å². The van der Waals surface area contributed by atoms with E-state index in [2.05, 4.69) is 0 Å². The van der Waals surface area contributed by atoms with Gasteiger partial charge in [0.05, 0.1) is 10.4 Å². The number of nitrogens with two attached hydrogens (primary N) is 1. The lowest BCUT2D eigenvalue weighted by molar-refractivity contribution is -0.148. The van der Waals surface area contributed by atoms with Crippen LogP contribution in [0.1, 0.15) is 19.4 Å². The largest absolute Gasteiger partial charge is 0.491 e. The lowest BCUT2D eigenvalue weighted by Gasteiger charge is -2.21. The van der Waals surface area contributed by atoms with Crippen LogP contribution in [0, 0.1) is 5.41 Å². The van der Waals surface area contributed by atoms with Crippen LogP contribution in [-0.4, -0.2) is 24.2 Å². The van der Waals surface area contributed by atoms with Crippen LogP contribution in [0.5, 0.6) is 5.75 Å². The van der Waals surface area contributed by atoms with E-state index in [-0.39, 0.29) is 6.61 Å². The molecule has 0 unspecified atom stereocenters. The SMILES string of the molecule is CC(C)(COc1c(Cl)cccc1CCN)C(=O)O. The summed E-state index contributed by atoms with van der Waals surface area (Å²) in [5.74, 6) is -0.381. The van der Waals surface area contributed by atoms with Gasteiger partial charge in [0.15, 0.2) is 0 Å². The molecule has 0 amide bonds. The molecule has 0 atom stereocenters. The predicted octanol–water partition coefficient (Wildman–Crippen LogP) is 2.33. The van der Waals surface area contributed by atoms with Gasteiger partial charge in [0.1, 0.15) is 12.4 Å². The average Bonchev–Trinajstić information content (AvgIpc) is 2.28. The molecule has 0 aliphatic carbocycles. The lowest BCUT2D eigenvalue weighted by Crippen LogP contribution is -2.31. The Morgan fingerprint density at radius 3 is 2.72 bits per heavy atom. The van der Waals surface area contributed by atoms with Gasteiger partial charge in [0, 0.05) is 0 Å². The maximum Gasteiger partial charge on any atom is 0.312 e. The number of hydrogen-bond acceptors (Lipinski definition) is 3. The second kappa shape index (κ2) is 6.07. The molecule has 0 aliphatic rings. The van der Waals surface area contributed by atoms with Crippen LogP contribution >= 0.6 is 11.6 Å². The van der Waals surface area contributed by atoms with Crippen LogP contribution in [0.15, 0.2) is 18.2 Å². The quantitative estimate of drug-likeness (QED) is 0.833. The molecule has 0 saturated heterocycles. The Hall–Kier alpha value is -1.26. The number of aliphatic carboxylic acids is 1. The van der Waals surface area contributed by atoms with Crippen LogP contribution < -0.4 is 10.5 Å². The van der Waals surface area contributed by atoms with Crippen LogP contribution in [0.25, 0.3) is 0 Å². The Morgan fingerprint density at radius 2 is 2.17 bits per heavy atom. The van der Waals surface area contributed by atoms with Gasteiger partial charge in [-0.3, -0.25) is 4.79 Å². The van der Waals surface area contributed by atoms with Crippen LogP contribution in [-0.2, 0) is 11.2 Å². The molecule has 18 heavy (non-hydrogen) atoms. The number of halogens is 1. The maximum absolute atomic E-state index is 11.0. The van der Waals surface area contributed by atoms with Gasteiger partial charge >= 0.3 is 5.97 Å². The summed E-state index contributed by atoms with van der Waals surface area (Å²) in [6.07, 6.45) is 0.642. The second-order valence-corrected chi connectivity index (χ2v) is 5.15. The fourth-order valence-electron chi connectivity index (χ4n) is 1.38. The Balaban J connectivity index is 2.87. The van der Waals surface area contributed by atoms with Gasteiger partial charge < -0.3 is 15.6 Å². The van der Waals surface area contributed by atoms with Crippen molar-refractivity contribution in [3.8, 4) is 5.75 Å². The number of carbonyl (C=O) groups is 1. The predicted molar refractivity (Wildman–Crippen MR) is 71.1 cm³/mol. The first-order chi connectivity index (χ1) is 8.38. The molecule has 0 aromatic heterocycles.